The van der Waals surface area contributed by atoms with Gasteiger partial charge < -0.3 is 25.8 Å². The Morgan fingerprint density at radius 3 is 2.62 bits per heavy atom. The Morgan fingerprint density at radius 1 is 0.966 bits per heavy atom. The van der Waals surface area contributed by atoms with E-state index in [1.807, 2.05) is 30.3 Å². The van der Waals surface area contributed by atoms with Gasteiger partial charge in [-0.15, -0.1) is 0 Å². The number of fused-ring (bicyclic) bond motifs is 2. The van der Waals surface area contributed by atoms with Crippen LogP contribution in [0.1, 0.15) is 5.56 Å². The number of hydrogen-bond acceptors (Lipinski definition) is 9. The third-order valence-corrected chi connectivity index (χ3v) is 5.39. The standard InChI is InChI=1S/C20H18N6O2S/c1-11-2-4-13-16(8-11)29-20(25-13)26-19-17(21)18(22-10-23-19)24-12-3-5-14-15(9-12)28-7-6-27-14/h2-5,8-10H,6-7,21H2,1H3,(H2,22,23,24,25,26). The molecule has 2 aromatic carbocycles. The molecule has 2 aromatic heterocycles. The minimum atomic E-state index is 0.401. The third kappa shape index (κ3) is 3.47. The van der Waals surface area contributed by atoms with Crippen molar-refractivity contribution in [3.8, 4) is 11.5 Å². The predicted molar refractivity (Wildman–Crippen MR) is 115 cm³/mol. The minimum Gasteiger partial charge on any atom is -0.486 e. The van der Waals surface area contributed by atoms with Crippen LogP contribution in [0, 0.1) is 6.92 Å². The maximum atomic E-state index is 6.31. The van der Waals surface area contributed by atoms with Crippen LogP contribution in [0.25, 0.3) is 10.2 Å². The summed E-state index contributed by atoms with van der Waals surface area (Å²) in [6, 6.07) is 11.8. The van der Waals surface area contributed by atoms with E-state index < -0.39 is 0 Å². The summed E-state index contributed by atoms with van der Waals surface area (Å²) in [4.78, 5) is 13.1. The van der Waals surface area contributed by atoms with Gasteiger partial charge in [-0.1, -0.05) is 17.4 Å². The van der Waals surface area contributed by atoms with E-state index in [-0.39, 0.29) is 0 Å². The maximum absolute atomic E-state index is 6.31. The number of aryl methyl sites for hydroxylation is 1. The van der Waals surface area contributed by atoms with Crippen molar-refractivity contribution in [2.45, 2.75) is 6.92 Å². The Hall–Kier alpha value is -3.59. The molecule has 0 radical (unpaired) electrons. The first-order valence-electron chi connectivity index (χ1n) is 9.07. The van der Waals surface area contributed by atoms with E-state index in [4.69, 9.17) is 15.2 Å². The van der Waals surface area contributed by atoms with Crippen molar-refractivity contribution in [2.75, 3.05) is 29.6 Å². The molecule has 4 aromatic rings. The number of rotatable bonds is 4. The van der Waals surface area contributed by atoms with E-state index in [1.54, 1.807) is 11.3 Å². The lowest BCUT2D eigenvalue weighted by molar-refractivity contribution is 0.171. The third-order valence-electron chi connectivity index (χ3n) is 4.46. The summed E-state index contributed by atoms with van der Waals surface area (Å²) in [5, 5.41) is 7.14. The lowest BCUT2D eigenvalue weighted by Gasteiger charge is -2.19. The van der Waals surface area contributed by atoms with E-state index in [2.05, 4.69) is 38.6 Å². The number of thiazole rings is 1. The first-order chi connectivity index (χ1) is 14.2. The Kier molecular flexibility index (Phi) is 4.28. The summed E-state index contributed by atoms with van der Waals surface area (Å²) in [7, 11) is 0. The highest BCUT2D eigenvalue weighted by Crippen LogP contribution is 2.35. The molecule has 3 heterocycles. The van der Waals surface area contributed by atoms with E-state index in [1.165, 1.54) is 11.9 Å². The van der Waals surface area contributed by atoms with Gasteiger partial charge in [0.25, 0.3) is 0 Å². The van der Waals surface area contributed by atoms with Gasteiger partial charge in [-0.05, 0) is 36.8 Å². The Morgan fingerprint density at radius 2 is 1.76 bits per heavy atom. The van der Waals surface area contributed by atoms with E-state index in [0.29, 0.717) is 36.3 Å². The molecule has 0 atom stereocenters. The number of hydrogen-bond donors (Lipinski definition) is 3. The van der Waals surface area contributed by atoms with Gasteiger partial charge in [0.15, 0.2) is 28.3 Å². The van der Waals surface area contributed by atoms with E-state index in [9.17, 15) is 0 Å². The summed E-state index contributed by atoms with van der Waals surface area (Å²) < 4.78 is 12.3. The number of anilines is 5. The van der Waals surface area contributed by atoms with Crippen LogP contribution in [-0.4, -0.2) is 28.2 Å². The summed E-state index contributed by atoms with van der Waals surface area (Å²) >= 11 is 1.55. The van der Waals surface area contributed by atoms with Gasteiger partial charge in [0, 0.05) is 11.8 Å². The predicted octanol–water partition coefficient (Wildman–Crippen LogP) is 4.24. The Balaban J connectivity index is 1.40. The molecule has 0 aliphatic carbocycles. The SMILES string of the molecule is Cc1ccc2nc(Nc3ncnc(Nc4ccc5c(c4)OCCO5)c3N)sc2c1. The molecule has 0 saturated heterocycles. The summed E-state index contributed by atoms with van der Waals surface area (Å²) in [5.74, 6) is 2.41. The molecule has 146 valence electrons. The summed E-state index contributed by atoms with van der Waals surface area (Å²) in [6.45, 7) is 3.14. The van der Waals surface area contributed by atoms with E-state index in [0.717, 1.165) is 26.8 Å². The molecule has 4 N–H and O–H groups in total. The molecule has 0 fully saturated rings. The lowest BCUT2D eigenvalue weighted by atomic mass is 10.2. The molecule has 9 heteroatoms. The van der Waals surface area contributed by atoms with Gasteiger partial charge in [-0.25, -0.2) is 15.0 Å². The van der Waals surface area contributed by atoms with Gasteiger partial charge >= 0.3 is 0 Å². The molecule has 29 heavy (non-hydrogen) atoms. The van der Waals surface area contributed by atoms with Crippen molar-refractivity contribution in [2.24, 2.45) is 0 Å². The fraction of sp³-hybridized carbons (Fsp3) is 0.150. The second-order valence-electron chi connectivity index (χ2n) is 6.58. The van der Waals surface area contributed by atoms with Gasteiger partial charge in [0.1, 0.15) is 25.2 Å². The first-order valence-corrected chi connectivity index (χ1v) is 9.89. The fourth-order valence-electron chi connectivity index (χ4n) is 3.04. The van der Waals surface area contributed by atoms with Crippen LogP contribution < -0.4 is 25.8 Å². The quantitative estimate of drug-likeness (QED) is 0.462. The highest BCUT2D eigenvalue weighted by Gasteiger charge is 2.14. The topological polar surface area (TPSA) is 107 Å². The smallest absolute Gasteiger partial charge is 0.189 e. The fourth-order valence-corrected chi connectivity index (χ4v) is 4.00. The average molecular weight is 406 g/mol. The highest BCUT2D eigenvalue weighted by atomic mass is 32.1. The summed E-state index contributed by atoms with van der Waals surface area (Å²) in [6.07, 6.45) is 1.45. The molecule has 0 bridgehead atoms. The monoisotopic (exact) mass is 406 g/mol. The number of aromatic nitrogens is 3. The summed E-state index contributed by atoms with van der Waals surface area (Å²) in [5.41, 5.74) is 9.63. The van der Waals surface area contributed by atoms with Crippen molar-refractivity contribution in [3.63, 3.8) is 0 Å². The van der Waals surface area contributed by atoms with Crippen LogP contribution in [0.3, 0.4) is 0 Å². The van der Waals surface area contributed by atoms with Crippen molar-refractivity contribution in [3.05, 3.63) is 48.3 Å². The van der Waals surface area contributed by atoms with Crippen molar-refractivity contribution in [1.82, 2.24) is 15.0 Å². The molecule has 5 rings (SSSR count). The van der Waals surface area contributed by atoms with Crippen molar-refractivity contribution < 1.29 is 9.47 Å². The van der Waals surface area contributed by atoms with E-state index >= 15 is 0 Å². The molecule has 1 aliphatic rings. The molecule has 1 aliphatic heterocycles. The van der Waals surface area contributed by atoms with Crippen LogP contribution in [0.2, 0.25) is 0 Å². The Labute approximate surface area is 170 Å². The number of nitrogens with one attached hydrogen (secondary N) is 2. The number of benzene rings is 2. The molecule has 8 nitrogen and oxygen atoms in total. The Bertz CT molecular complexity index is 1210. The number of nitrogens with zero attached hydrogens (tertiary/aromatic N) is 3. The second-order valence-corrected chi connectivity index (χ2v) is 7.61. The van der Waals surface area contributed by atoms with Crippen LogP contribution >= 0.6 is 11.3 Å². The molecular formula is C20H18N6O2S. The second kappa shape index (κ2) is 7.10. The van der Waals surface area contributed by atoms with Crippen LogP contribution in [-0.2, 0) is 0 Å². The molecule has 0 spiro atoms. The zero-order valence-corrected chi connectivity index (χ0v) is 16.4. The maximum Gasteiger partial charge on any atom is 0.189 e. The highest BCUT2D eigenvalue weighted by molar-refractivity contribution is 7.22. The van der Waals surface area contributed by atoms with Gasteiger partial charge in [-0.2, -0.15) is 0 Å². The molecular weight excluding hydrogens is 388 g/mol. The van der Waals surface area contributed by atoms with Crippen LogP contribution in [0.4, 0.5) is 28.1 Å². The number of nitrogen functional groups attached to an aromatic ring is 1. The lowest BCUT2D eigenvalue weighted by Crippen LogP contribution is -2.15. The first kappa shape index (κ1) is 17.5. The van der Waals surface area contributed by atoms with Gasteiger partial charge in [-0.3, -0.25) is 0 Å². The van der Waals surface area contributed by atoms with Crippen molar-refractivity contribution >= 4 is 49.7 Å². The largest absolute Gasteiger partial charge is 0.486 e. The van der Waals surface area contributed by atoms with Crippen molar-refractivity contribution in [1.29, 1.82) is 0 Å². The molecule has 0 unspecified atom stereocenters. The van der Waals surface area contributed by atoms with Gasteiger partial charge in [0.05, 0.1) is 10.2 Å². The zero-order valence-electron chi connectivity index (χ0n) is 15.6. The minimum absolute atomic E-state index is 0.401. The molecule has 0 amide bonds. The number of nitrogens with two attached hydrogens (primary N) is 1. The van der Waals surface area contributed by atoms with Gasteiger partial charge in [0.2, 0.25) is 0 Å². The molecule has 0 saturated carbocycles. The normalized spacial score (nSPS) is 12.7. The number of ether oxygens (including phenoxy) is 2. The van der Waals surface area contributed by atoms with Crippen LogP contribution in [0.5, 0.6) is 11.5 Å². The van der Waals surface area contributed by atoms with Crippen LogP contribution in [0.15, 0.2) is 42.7 Å². The zero-order chi connectivity index (χ0) is 19.8. The average Bonchev–Trinajstić information content (AvgIpc) is 3.12.